The van der Waals surface area contributed by atoms with Crippen LogP contribution < -0.4 is 9.57 Å². The lowest BCUT2D eigenvalue weighted by Gasteiger charge is -2.10. The maximum absolute atomic E-state index is 12.4. The van der Waals surface area contributed by atoms with Crippen LogP contribution in [0.3, 0.4) is 0 Å². The summed E-state index contributed by atoms with van der Waals surface area (Å²) < 4.78 is 30.0. The first-order chi connectivity index (χ1) is 13.3. The summed E-state index contributed by atoms with van der Waals surface area (Å²) in [7, 11) is -3.79. The van der Waals surface area contributed by atoms with Crippen LogP contribution in [-0.2, 0) is 14.8 Å². The highest BCUT2D eigenvalue weighted by atomic mass is 32.2. The smallest absolute Gasteiger partial charge is 0.344 e. The lowest BCUT2D eigenvalue weighted by Crippen LogP contribution is -2.22. The third kappa shape index (κ3) is 4.66. The van der Waals surface area contributed by atoms with Gasteiger partial charge in [0, 0.05) is 0 Å². The number of rotatable bonds is 7. The molecule has 0 aliphatic heterocycles. The predicted molar refractivity (Wildman–Crippen MR) is 106 cm³/mol. The third-order valence-electron chi connectivity index (χ3n) is 3.96. The molecule has 0 fully saturated rings. The van der Waals surface area contributed by atoms with Crippen molar-refractivity contribution in [1.29, 1.82) is 0 Å². The molecule has 2 N–H and O–H groups in total. The molecular formula is C20H18N2O5S. The first-order valence-corrected chi connectivity index (χ1v) is 9.87. The Bertz CT molecular complexity index is 1120. The number of hydrazone groups is 1. The van der Waals surface area contributed by atoms with Crippen molar-refractivity contribution >= 4 is 33.0 Å². The molecule has 0 saturated heterocycles. The number of carboxylic acid groups (broad SMARTS) is 1. The predicted octanol–water partition coefficient (Wildman–Crippen LogP) is 3.00. The van der Waals surface area contributed by atoms with Crippen molar-refractivity contribution < 1.29 is 23.1 Å². The van der Waals surface area contributed by atoms with E-state index >= 15 is 0 Å². The molecule has 8 heteroatoms. The maximum Gasteiger partial charge on any atom is 0.344 e. The van der Waals surface area contributed by atoms with Crippen LogP contribution in [0.25, 0.3) is 10.8 Å². The number of nitrogens with zero attached hydrogens (tertiary/aromatic N) is 1. The molecule has 0 spiro atoms. The average molecular weight is 398 g/mol. The van der Waals surface area contributed by atoms with Gasteiger partial charge in [0.15, 0.2) is 6.10 Å². The van der Waals surface area contributed by atoms with E-state index in [0.29, 0.717) is 11.3 Å². The van der Waals surface area contributed by atoms with E-state index in [9.17, 15) is 13.2 Å². The average Bonchev–Trinajstić information content (AvgIpc) is 2.68. The molecule has 1 atom stereocenters. The van der Waals surface area contributed by atoms with Crippen LogP contribution in [0.4, 0.5) is 0 Å². The van der Waals surface area contributed by atoms with E-state index in [2.05, 4.69) is 9.93 Å². The number of carboxylic acids is 1. The van der Waals surface area contributed by atoms with Crippen LogP contribution in [0.5, 0.6) is 5.75 Å². The number of benzene rings is 3. The first-order valence-electron chi connectivity index (χ1n) is 8.38. The second-order valence-corrected chi connectivity index (χ2v) is 7.69. The summed E-state index contributed by atoms with van der Waals surface area (Å²) in [5.74, 6) is -0.669. The molecule has 7 nitrogen and oxygen atoms in total. The molecule has 3 aromatic carbocycles. The molecule has 28 heavy (non-hydrogen) atoms. The summed E-state index contributed by atoms with van der Waals surface area (Å²) >= 11 is 0. The minimum absolute atomic E-state index is 0.120. The molecule has 0 saturated carbocycles. The number of nitrogens with one attached hydrogen (secondary N) is 1. The zero-order valence-corrected chi connectivity index (χ0v) is 15.8. The van der Waals surface area contributed by atoms with Crippen molar-refractivity contribution in [1.82, 2.24) is 4.83 Å². The number of hydrogen-bond acceptors (Lipinski definition) is 5. The Balaban J connectivity index is 1.68. The molecule has 0 radical (unpaired) electrons. The van der Waals surface area contributed by atoms with Gasteiger partial charge in [-0.2, -0.15) is 13.5 Å². The van der Waals surface area contributed by atoms with Gasteiger partial charge in [-0.15, -0.1) is 0 Å². The highest BCUT2D eigenvalue weighted by molar-refractivity contribution is 7.89. The summed E-state index contributed by atoms with van der Waals surface area (Å²) in [4.78, 5) is 13.1. The lowest BCUT2D eigenvalue weighted by molar-refractivity contribution is -0.144. The van der Waals surface area contributed by atoms with Gasteiger partial charge in [-0.25, -0.2) is 9.63 Å². The zero-order chi connectivity index (χ0) is 20.1. The SMILES string of the molecule is C[C@H](Oc1ccc(/C=N/NS(=O)(=O)c2ccc3ccccc3c2)cc1)C(=O)O. The van der Waals surface area contributed by atoms with Crippen LogP contribution in [0, 0.1) is 0 Å². The fourth-order valence-corrected chi connectivity index (χ4v) is 3.27. The first kappa shape index (κ1) is 19.4. The number of fused-ring (bicyclic) bond motifs is 1. The Labute approximate surface area is 162 Å². The lowest BCUT2D eigenvalue weighted by atomic mass is 10.1. The number of carbonyl (C=O) groups is 1. The Kier molecular flexibility index (Phi) is 5.60. The second-order valence-electron chi connectivity index (χ2n) is 6.03. The molecule has 0 aliphatic rings. The van der Waals surface area contributed by atoms with E-state index in [1.54, 1.807) is 36.4 Å². The quantitative estimate of drug-likeness (QED) is 0.470. The van der Waals surface area contributed by atoms with Crippen LogP contribution in [0.1, 0.15) is 12.5 Å². The van der Waals surface area contributed by atoms with Crippen LogP contribution >= 0.6 is 0 Å². The molecular weight excluding hydrogens is 380 g/mol. The Morgan fingerprint density at radius 3 is 2.43 bits per heavy atom. The minimum Gasteiger partial charge on any atom is -0.479 e. The Hall–Kier alpha value is -3.39. The van der Waals surface area contributed by atoms with E-state index in [0.717, 1.165) is 10.8 Å². The van der Waals surface area contributed by atoms with Gasteiger partial charge in [-0.1, -0.05) is 30.3 Å². The maximum atomic E-state index is 12.4. The van der Waals surface area contributed by atoms with E-state index in [4.69, 9.17) is 9.84 Å². The second kappa shape index (κ2) is 8.10. The fourth-order valence-electron chi connectivity index (χ4n) is 2.44. The highest BCUT2D eigenvalue weighted by Crippen LogP contribution is 2.19. The molecule has 0 aromatic heterocycles. The molecule has 0 unspecified atom stereocenters. The van der Waals surface area contributed by atoms with Crippen molar-refractivity contribution in [2.75, 3.05) is 0 Å². The monoisotopic (exact) mass is 398 g/mol. The fraction of sp³-hybridized carbons (Fsp3) is 0.100. The van der Waals surface area contributed by atoms with Crippen LogP contribution in [0.2, 0.25) is 0 Å². The molecule has 0 bridgehead atoms. The Morgan fingerprint density at radius 2 is 1.75 bits per heavy atom. The van der Waals surface area contributed by atoms with Crippen LogP contribution in [0.15, 0.2) is 76.7 Å². The summed E-state index contributed by atoms with van der Waals surface area (Å²) in [5.41, 5.74) is 0.622. The van der Waals surface area contributed by atoms with Crippen LogP contribution in [-0.4, -0.2) is 31.8 Å². The molecule has 0 amide bonds. The summed E-state index contributed by atoms with van der Waals surface area (Å²) in [5, 5.41) is 14.4. The summed E-state index contributed by atoms with van der Waals surface area (Å²) in [6.45, 7) is 1.43. The molecule has 3 rings (SSSR count). The minimum atomic E-state index is -3.79. The van der Waals surface area contributed by atoms with E-state index in [1.165, 1.54) is 19.2 Å². The number of aliphatic carboxylic acids is 1. The number of ether oxygens (including phenoxy) is 1. The zero-order valence-electron chi connectivity index (χ0n) is 14.9. The van der Waals surface area contributed by atoms with Crippen molar-refractivity contribution in [3.8, 4) is 5.75 Å². The van der Waals surface area contributed by atoms with Gasteiger partial charge in [-0.3, -0.25) is 0 Å². The van der Waals surface area contributed by atoms with Gasteiger partial charge in [-0.05, 0) is 59.7 Å². The largest absolute Gasteiger partial charge is 0.479 e. The van der Waals surface area contributed by atoms with Gasteiger partial charge < -0.3 is 9.84 Å². The number of hydrogen-bond donors (Lipinski definition) is 2. The highest BCUT2D eigenvalue weighted by Gasteiger charge is 2.13. The van der Waals surface area contributed by atoms with Crippen molar-refractivity contribution in [3.05, 3.63) is 72.3 Å². The van der Waals surface area contributed by atoms with Crippen molar-refractivity contribution in [3.63, 3.8) is 0 Å². The molecule has 0 heterocycles. The van der Waals surface area contributed by atoms with Crippen molar-refractivity contribution in [2.45, 2.75) is 17.9 Å². The molecule has 3 aromatic rings. The number of sulfonamides is 1. The van der Waals surface area contributed by atoms with Gasteiger partial charge in [0.05, 0.1) is 11.1 Å². The van der Waals surface area contributed by atoms with E-state index in [-0.39, 0.29) is 4.90 Å². The Morgan fingerprint density at radius 1 is 1.07 bits per heavy atom. The summed E-state index contributed by atoms with van der Waals surface area (Å²) in [6, 6.07) is 18.8. The van der Waals surface area contributed by atoms with E-state index < -0.39 is 22.1 Å². The van der Waals surface area contributed by atoms with Gasteiger partial charge in [0.25, 0.3) is 10.0 Å². The summed E-state index contributed by atoms with van der Waals surface area (Å²) in [6.07, 6.45) is 0.386. The van der Waals surface area contributed by atoms with E-state index in [1.807, 2.05) is 24.3 Å². The van der Waals surface area contributed by atoms with Gasteiger partial charge in [0.1, 0.15) is 5.75 Å². The third-order valence-corrected chi connectivity index (χ3v) is 5.18. The normalized spacial score (nSPS) is 12.8. The van der Waals surface area contributed by atoms with Gasteiger partial charge in [0.2, 0.25) is 0 Å². The molecule has 0 aliphatic carbocycles. The van der Waals surface area contributed by atoms with Crippen molar-refractivity contribution in [2.24, 2.45) is 5.10 Å². The molecule has 144 valence electrons. The topological polar surface area (TPSA) is 105 Å². The van der Waals surface area contributed by atoms with Gasteiger partial charge >= 0.3 is 5.97 Å². The standard InChI is InChI=1S/C20H18N2O5S/c1-14(20(23)24)27-18-9-6-15(7-10-18)13-21-22-28(25,26)19-11-8-16-4-2-3-5-17(16)12-19/h2-14,22H,1H3,(H,23,24)/b21-13+/t14-/m0/s1.